The zero-order chi connectivity index (χ0) is 17.0. The van der Waals surface area contributed by atoms with Crippen molar-refractivity contribution in [1.29, 1.82) is 0 Å². The monoisotopic (exact) mass is 338 g/mol. The Bertz CT molecular complexity index is 783. The molecule has 9 heteroatoms. The van der Waals surface area contributed by atoms with Crippen molar-refractivity contribution >= 4 is 15.9 Å². The molecular formula is C14H18N4O4S. The van der Waals surface area contributed by atoms with Crippen LogP contribution in [0.15, 0.2) is 41.4 Å². The van der Waals surface area contributed by atoms with Gasteiger partial charge in [0.25, 0.3) is 5.91 Å². The second-order valence-corrected chi connectivity index (χ2v) is 6.49. The maximum atomic E-state index is 12.3. The second-order valence-electron chi connectivity index (χ2n) is 4.93. The Labute approximate surface area is 134 Å². The molecule has 2 rings (SSSR count). The van der Waals surface area contributed by atoms with Gasteiger partial charge in [-0.05, 0) is 30.3 Å². The lowest BCUT2D eigenvalue weighted by Gasteiger charge is -2.18. The molecule has 0 aliphatic rings. The fraction of sp³-hybridized carbons (Fsp3) is 0.286. The van der Waals surface area contributed by atoms with Crippen molar-refractivity contribution in [2.45, 2.75) is 10.9 Å². The summed E-state index contributed by atoms with van der Waals surface area (Å²) in [5.41, 5.74) is 1.11. The lowest BCUT2D eigenvalue weighted by atomic mass is 10.1. The number of nitrogens with one attached hydrogen (secondary N) is 1. The number of carbonyl (C=O) groups excluding carboxylic acids is 1. The van der Waals surface area contributed by atoms with E-state index in [9.17, 15) is 13.2 Å². The molecule has 0 saturated heterocycles. The van der Waals surface area contributed by atoms with E-state index in [1.54, 1.807) is 24.0 Å². The van der Waals surface area contributed by atoms with Gasteiger partial charge in [-0.1, -0.05) is 0 Å². The number of rotatable bonds is 6. The molecule has 0 saturated carbocycles. The fourth-order valence-corrected chi connectivity index (χ4v) is 2.65. The molecule has 1 atom stereocenters. The van der Waals surface area contributed by atoms with Crippen molar-refractivity contribution in [3.8, 4) is 0 Å². The highest BCUT2D eigenvalue weighted by Gasteiger charge is 2.19. The Morgan fingerprint density at radius 2 is 2.00 bits per heavy atom. The van der Waals surface area contributed by atoms with Crippen molar-refractivity contribution in [2.24, 2.45) is 12.2 Å². The van der Waals surface area contributed by atoms with Gasteiger partial charge in [0.1, 0.15) is 0 Å². The van der Waals surface area contributed by atoms with Crippen molar-refractivity contribution in [3.63, 3.8) is 0 Å². The third kappa shape index (κ3) is 4.15. The van der Waals surface area contributed by atoms with Crippen LogP contribution in [0, 0.1) is 0 Å². The van der Waals surface area contributed by atoms with E-state index in [-0.39, 0.29) is 23.5 Å². The summed E-state index contributed by atoms with van der Waals surface area (Å²) < 4.78 is 29.2. The van der Waals surface area contributed by atoms with Gasteiger partial charge >= 0.3 is 0 Å². The van der Waals surface area contributed by atoms with Crippen LogP contribution < -0.4 is 10.5 Å². The number of hydrogen-bond donors (Lipinski definition) is 2. The Morgan fingerprint density at radius 1 is 1.35 bits per heavy atom. The largest absolute Gasteiger partial charge is 0.382 e. The van der Waals surface area contributed by atoms with Crippen LogP contribution in [0.2, 0.25) is 0 Å². The van der Waals surface area contributed by atoms with Gasteiger partial charge in [-0.15, -0.1) is 0 Å². The van der Waals surface area contributed by atoms with E-state index >= 15 is 0 Å². The first kappa shape index (κ1) is 17.1. The van der Waals surface area contributed by atoms with Crippen molar-refractivity contribution in [1.82, 2.24) is 15.1 Å². The standard InChI is InChI=1S/C14H18N4O4S/c1-18-13(7-8-16-18)12(9-22-2)17-14(19)10-3-5-11(6-4-10)23(15,20)21/h3-8,12H,9H2,1-2H3,(H,17,19)(H2,15,20,21). The summed E-state index contributed by atoms with van der Waals surface area (Å²) in [6.07, 6.45) is 1.63. The number of ether oxygens (including phenoxy) is 1. The summed E-state index contributed by atoms with van der Waals surface area (Å²) in [7, 11) is -0.474. The number of benzene rings is 1. The predicted octanol–water partition coefficient (Wildman–Crippen LogP) is 0.185. The van der Waals surface area contributed by atoms with Crippen LogP contribution in [-0.4, -0.2) is 37.8 Å². The van der Waals surface area contributed by atoms with Crippen molar-refractivity contribution in [2.75, 3.05) is 13.7 Å². The number of aromatic nitrogens is 2. The number of carbonyl (C=O) groups is 1. The maximum absolute atomic E-state index is 12.3. The number of nitrogens with two attached hydrogens (primary N) is 1. The van der Waals surface area contributed by atoms with Crippen molar-refractivity contribution in [3.05, 3.63) is 47.8 Å². The molecule has 0 fully saturated rings. The van der Waals surface area contributed by atoms with E-state index in [2.05, 4.69) is 10.4 Å². The summed E-state index contributed by atoms with van der Waals surface area (Å²) in [5.74, 6) is -0.353. The number of sulfonamides is 1. The first-order chi connectivity index (χ1) is 10.8. The highest BCUT2D eigenvalue weighted by Crippen LogP contribution is 2.14. The van der Waals surface area contributed by atoms with E-state index in [0.717, 1.165) is 5.69 Å². The normalized spacial score (nSPS) is 12.8. The van der Waals surface area contributed by atoms with Crippen LogP contribution >= 0.6 is 0 Å². The van der Waals surface area contributed by atoms with E-state index < -0.39 is 10.0 Å². The molecule has 8 nitrogen and oxygen atoms in total. The van der Waals surface area contributed by atoms with Gasteiger partial charge in [-0.25, -0.2) is 13.6 Å². The van der Waals surface area contributed by atoms with Crippen LogP contribution in [0.1, 0.15) is 22.1 Å². The molecular weight excluding hydrogens is 320 g/mol. The van der Waals surface area contributed by atoms with E-state index in [4.69, 9.17) is 9.88 Å². The molecule has 3 N–H and O–H groups in total. The van der Waals surface area contributed by atoms with Crippen LogP contribution in [0.5, 0.6) is 0 Å². The summed E-state index contributed by atoms with van der Waals surface area (Å²) in [6.45, 7) is 0.278. The van der Waals surface area contributed by atoms with E-state index in [1.165, 1.54) is 31.4 Å². The first-order valence-electron chi connectivity index (χ1n) is 6.73. The summed E-state index contributed by atoms with van der Waals surface area (Å²) in [6, 6.07) is 6.80. The van der Waals surface area contributed by atoms with E-state index in [0.29, 0.717) is 5.56 Å². The molecule has 23 heavy (non-hydrogen) atoms. The maximum Gasteiger partial charge on any atom is 0.251 e. The third-order valence-corrected chi connectivity index (χ3v) is 4.23. The molecule has 1 heterocycles. The minimum Gasteiger partial charge on any atom is -0.382 e. The molecule has 1 aromatic carbocycles. The first-order valence-corrected chi connectivity index (χ1v) is 8.28. The Morgan fingerprint density at radius 3 is 2.48 bits per heavy atom. The number of hydrogen-bond acceptors (Lipinski definition) is 5. The number of primary sulfonamides is 1. The molecule has 1 unspecified atom stereocenters. The van der Waals surface area contributed by atoms with E-state index in [1.807, 2.05) is 0 Å². The minimum absolute atomic E-state index is 0.0471. The quantitative estimate of drug-likeness (QED) is 0.779. The molecule has 1 aromatic heterocycles. The summed E-state index contributed by atoms with van der Waals surface area (Å²) in [5, 5.41) is 11.9. The second kappa shape index (κ2) is 6.90. The molecule has 2 aromatic rings. The minimum atomic E-state index is -3.78. The van der Waals surface area contributed by atoms with Gasteiger partial charge < -0.3 is 10.1 Å². The zero-order valence-electron chi connectivity index (χ0n) is 12.8. The Hall–Kier alpha value is -2.23. The molecule has 0 spiro atoms. The van der Waals surface area contributed by atoms with Crippen LogP contribution in [0.4, 0.5) is 0 Å². The van der Waals surface area contributed by atoms with Gasteiger partial charge in [0.05, 0.1) is 23.2 Å². The average Bonchev–Trinajstić information content (AvgIpc) is 2.92. The number of nitrogens with zero attached hydrogens (tertiary/aromatic N) is 2. The fourth-order valence-electron chi connectivity index (χ4n) is 2.13. The van der Waals surface area contributed by atoms with Gasteiger partial charge in [0, 0.05) is 25.9 Å². The molecule has 0 aliphatic heterocycles. The van der Waals surface area contributed by atoms with Gasteiger partial charge in [-0.2, -0.15) is 5.10 Å². The molecule has 124 valence electrons. The average molecular weight is 338 g/mol. The highest BCUT2D eigenvalue weighted by atomic mass is 32.2. The molecule has 0 radical (unpaired) electrons. The Kier molecular flexibility index (Phi) is 5.14. The molecule has 0 aliphatic carbocycles. The zero-order valence-corrected chi connectivity index (χ0v) is 13.6. The van der Waals surface area contributed by atoms with Gasteiger partial charge in [0.2, 0.25) is 10.0 Å². The van der Waals surface area contributed by atoms with Crippen LogP contribution in [0.25, 0.3) is 0 Å². The predicted molar refractivity (Wildman–Crippen MR) is 83.1 cm³/mol. The summed E-state index contributed by atoms with van der Waals surface area (Å²) >= 11 is 0. The lowest BCUT2D eigenvalue weighted by molar-refractivity contribution is 0.0892. The smallest absolute Gasteiger partial charge is 0.251 e. The van der Waals surface area contributed by atoms with Gasteiger partial charge in [0.15, 0.2) is 0 Å². The number of aryl methyl sites for hydroxylation is 1. The SMILES string of the molecule is COCC(NC(=O)c1ccc(S(N)(=O)=O)cc1)c1ccnn1C. The van der Waals surface area contributed by atoms with Crippen LogP contribution in [-0.2, 0) is 21.8 Å². The topological polar surface area (TPSA) is 116 Å². The number of amides is 1. The third-order valence-electron chi connectivity index (χ3n) is 3.30. The van der Waals surface area contributed by atoms with Crippen molar-refractivity contribution < 1.29 is 17.9 Å². The van der Waals surface area contributed by atoms with Crippen LogP contribution in [0.3, 0.4) is 0 Å². The van der Waals surface area contributed by atoms with Gasteiger partial charge in [-0.3, -0.25) is 9.48 Å². The lowest BCUT2D eigenvalue weighted by Crippen LogP contribution is -2.32. The highest BCUT2D eigenvalue weighted by molar-refractivity contribution is 7.89. The Balaban J connectivity index is 2.17. The molecule has 1 amide bonds. The number of methoxy groups -OCH3 is 1. The summed E-state index contributed by atoms with van der Waals surface area (Å²) in [4.78, 5) is 12.3. The molecule has 0 bridgehead atoms.